The first kappa shape index (κ1) is 19.0. The molecule has 1 unspecified atom stereocenters. The van der Waals surface area contributed by atoms with Gasteiger partial charge in [-0.3, -0.25) is 18.8 Å². The number of carbonyl (C=O) groups excluding carboxylic acids is 1. The van der Waals surface area contributed by atoms with Crippen molar-refractivity contribution in [2.24, 2.45) is 13.0 Å². The van der Waals surface area contributed by atoms with E-state index in [0.29, 0.717) is 29.4 Å². The molecule has 0 fully saturated rings. The molecular formula is C25H23N5O2. The molecule has 4 aromatic rings. The molecule has 3 aliphatic carbocycles. The monoisotopic (exact) mass is 425 g/mol. The summed E-state index contributed by atoms with van der Waals surface area (Å²) in [5.74, 6) is 0.794. The predicted molar refractivity (Wildman–Crippen MR) is 120 cm³/mol. The quantitative estimate of drug-likeness (QED) is 0.545. The number of aryl methyl sites for hydroxylation is 1. The largest absolute Gasteiger partial charge is 0.354 e. The van der Waals surface area contributed by atoms with E-state index in [4.69, 9.17) is 0 Å². The van der Waals surface area contributed by atoms with Crippen molar-refractivity contribution >= 4 is 16.9 Å². The maximum atomic E-state index is 12.7. The van der Waals surface area contributed by atoms with Gasteiger partial charge in [0.1, 0.15) is 18.3 Å². The first-order chi connectivity index (χ1) is 15.6. The summed E-state index contributed by atoms with van der Waals surface area (Å²) in [4.78, 5) is 29.6. The second-order valence-electron chi connectivity index (χ2n) is 8.77. The first-order valence-electron chi connectivity index (χ1n) is 10.9. The topological polar surface area (TPSA) is 81.8 Å². The van der Waals surface area contributed by atoms with Crippen LogP contribution in [0.15, 0.2) is 65.8 Å². The molecule has 0 saturated heterocycles. The van der Waals surface area contributed by atoms with E-state index in [9.17, 15) is 9.59 Å². The molecule has 2 heterocycles. The van der Waals surface area contributed by atoms with Crippen LogP contribution >= 0.6 is 0 Å². The van der Waals surface area contributed by atoms with Crippen molar-refractivity contribution in [3.05, 3.63) is 93.7 Å². The molecule has 0 saturated carbocycles. The Morgan fingerprint density at radius 1 is 1.06 bits per heavy atom. The summed E-state index contributed by atoms with van der Waals surface area (Å²) in [5.41, 5.74) is 5.86. The van der Waals surface area contributed by atoms with Gasteiger partial charge in [-0.25, -0.2) is 4.98 Å². The van der Waals surface area contributed by atoms with Crippen LogP contribution in [0.4, 0.5) is 0 Å². The minimum absolute atomic E-state index is 0.0509. The van der Waals surface area contributed by atoms with Gasteiger partial charge >= 0.3 is 0 Å². The number of hydrogen-bond acceptors (Lipinski definition) is 4. The second kappa shape index (κ2) is 7.15. The number of aromatic nitrogens is 4. The van der Waals surface area contributed by atoms with Crippen LogP contribution in [-0.2, 0) is 18.4 Å². The van der Waals surface area contributed by atoms with E-state index in [-0.39, 0.29) is 23.9 Å². The fraction of sp³-hybridized carbons (Fsp3) is 0.280. The maximum Gasteiger partial charge on any atom is 0.264 e. The standard InChI is InChI=1S/C25H23N5O2/c1-29-24-21(12-28-29)25(32)30(14-27-24)13-22(31)26-11-15-10-20-16-6-2-4-8-18(16)23(15)19-9-5-3-7-17(19)20/h2-9,12,14-15,20,23H,10-11,13H2,1H3,(H,26,31). The summed E-state index contributed by atoms with van der Waals surface area (Å²) in [6, 6.07) is 17.4. The molecule has 1 N–H and O–H groups in total. The summed E-state index contributed by atoms with van der Waals surface area (Å²) < 4.78 is 2.89. The molecule has 2 aromatic carbocycles. The SMILES string of the molecule is Cn1ncc2c(=O)n(CC(=O)NCC3CC4c5ccccc5C3c3ccccc34)cnc21. The number of fused-ring (bicyclic) bond motifs is 2. The normalized spacial score (nSPS) is 20.7. The first-order valence-corrected chi connectivity index (χ1v) is 10.9. The smallest absolute Gasteiger partial charge is 0.264 e. The van der Waals surface area contributed by atoms with E-state index >= 15 is 0 Å². The van der Waals surface area contributed by atoms with Crippen molar-refractivity contribution in [3.8, 4) is 0 Å². The lowest BCUT2D eigenvalue weighted by molar-refractivity contribution is -0.122. The minimum atomic E-state index is -0.252. The second-order valence-corrected chi connectivity index (χ2v) is 8.77. The maximum absolute atomic E-state index is 12.7. The van der Waals surface area contributed by atoms with Gasteiger partial charge in [-0.05, 0) is 34.6 Å². The summed E-state index contributed by atoms with van der Waals surface area (Å²) in [7, 11) is 1.74. The third-order valence-electron chi connectivity index (χ3n) is 7.02. The van der Waals surface area contributed by atoms with E-state index < -0.39 is 0 Å². The molecular weight excluding hydrogens is 402 g/mol. The lowest BCUT2D eigenvalue weighted by Gasteiger charge is -2.45. The zero-order chi connectivity index (χ0) is 21.8. The Labute approximate surface area is 184 Å². The molecule has 32 heavy (non-hydrogen) atoms. The van der Waals surface area contributed by atoms with Gasteiger partial charge in [-0.1, -0.05) is 48.5 Å². The Kier molecular flexibility index (Phi) is 4.24. The number of nitrogens with one attached hydrogen (secondary N) is 1. The number of hydrogen-bond donors (Lipinski definition) is 1. The van der Waals surface area contributed by atoms with Crippen LogP contribution in [0.3, 0.4) is 0 Å². The third kappa shape index (κ3) is 2.81. The molecule has 0 aliphatic heterocycles. The van der Waals surface area contributed by atoms with Crippen molar-refractivity contribution in [2.45, 2.75) is 24.8 Å². The van der Waals surface area contributed by atoms with Crippen molar-refractivity contribution in [3.63, 3.8) is 0 Å². The molecule has 1 amide bonds. The van der Waals surface area contributed by atoms with E-state index in [0.717, 1.165) is 6.42 Å². The highest BCUT2D eigenvalue weighted by atomic mass is 16.2. The van der Waals surface area contributed by atoms with Crippen LogP contribution in [0.25, 0.3) is 11.0 Å². The van der Waals surface area contributed by atoms with E-state index in [2.05, 4.69) is 63.9 Å². The number of benzene rings is 2. The molecule has 1 atom stereocenters. The zero-order valence-corrected chi connectivity index (χ0v) is 17.7. The number of carbonyl (C=O) groups is 1. The van der Waals surface area contributed by atoms with Crippen molar-refractivity contribution in [1.82, 2.24) is 24.6 Å². The molecule has 3 aliphatic rings. The number of nitrogens with zero attached hydrogens (tertiary/aromatic N) is 4. The highest BCUT2D eigenvalue weighted by molar-refractivity contribution is 5.77. The molecule has 7 rings (SSSR count). The number of rotatable bonds is 4. The van der Waals surface area contributed by atoms with Crippen LogP contribution in [0.2, 0.25) is 0 Å². The molecule has 2 aromatic heterocycles. The van der Waals surface area contributed by atoms with Crippen LogP contribution < -0.4 is 10.9 Å². The lowest BCUT2D eigenvalue weighted by atomic mass is 9.59. The van der Waals surface area contributed by atoms with Gasteiger partial charge in [0.05, 0.1) is 6.20 Å². The van der Waals surface area contributed by atoms with E-state index in [1.54, 1.807) is 11.7 Å². The van der Waals surface area contributed by atoms with Crippen LogP contribution in [-0.4, -0.2) is 31.8 Å². The Morgan fingerprint density at radius 2 is 1.72 bits per heavy atom. The van der Waals surface area contributed by atoms with Gasteiger partial charge in [0.2, 0.25) is 5.91 Å². The molecule has 7 nitrogen and oxygen atoms in total. The predicted octanol–water partition coefficient (Wildman–Crippen LogP) is 2.54. The average Bonchev–Trinajstić information content (AvgIpc) is 3.21. The Bertz CT molecular complexity index is 1370. The van der Waals surface area contributed by atoms with Crippen LogP contribution in [0, 0.1) is 5.92 Å². The highest BCUT2D eigenvalue weighted by Gasteiger charge is 2.42. The molecule has 2 bridgehead atoms. The lowest BCUT2D eigenvalue weighted by Crippen LogP contribution is -2.41. The number of amides is 1. The van der Waals surface area contributed by atoms with Crippen molar-refractivity contribution in [1.29, 1.82) is 0 Å². The van der Waals surface area contributed by atoms with Gasteiger partial charge in [0.25, 0.3) is 5.56 Å². The molecule has 0 spiro atoms. The van der Waals surface area contributed by atoms with Gasteiger partial charge in [-0.15, -0.1) is 0 Å². The van der Waals surface area contributed by atoms with Gasteiger partial charge in [0.15, 0.2) is 5.65 Å². The van der Waals surface area contributed by atoms with Gasteiger partial charge in [0, 0.05) is 25.4 Å². The third-order valence-corrected chi connectivity index (χ3v) is 7.02. The Hall–Kier alpha value is -3.74. The van der Waals surface area contributed by atoms with Crippen molar-refractivity contribution in [2.75, 3.05) is 6.54 Å². The Morgan fingerprint density at radius 3 is 2.41 bits per heavy atom. The average molecular weight is 425 g/mol. The fourth-order valence-electron chi connectivity index (χ4n) is 5.59. The minimum Gasteiger partial charge on any atom is -0.354 e. The Balaban J connectivity index is 1.22. The molecule has 160 valence electrons. The van der Waals surface area contributed by atoms with E-state index in [1.807, 2.05) is 0 Å². The van der Waals surface area contributed by atoms with E-state index in [1.165, 1.54) is 39.3 Å². The van der Waals surface area contributed by atoms with Gasteiger partial charge < -0.3 is 5.32 Å². The van der Waals surface area contributed by atoms with Gasteiger partial charge in [-0.2, -0.15) is 5.10 Å². The summed E-state index contributed by atoms with van der Waals surface area (Å²) in [6.45, 7) is 0.532. The summed E-state index contributed by atoms with van der Waals surface area (Å²) >= 11 is 0. The zero-order valence-electron chi connectivity index (χ0n) is 17.7. The van der Waals surface area contributed by atoms with Crippen LogP contribution in [0.1, 0.15) is 40.5 Å². The summed E-state index contributed by atoms with van der Waals surface area (Å²) in [6.07, 6.45) is 3.93. The highest BCUT2D eigenvalue weighted by Crippen LogP contribution is 2.55. The van der Waals surface area contributed by atoms with Crippen LogP contribution in [0.5, 0.6) is 0 Å². The molecule has 7 heteroatoms. The van der Waals surface area contributed by atoms with Crippen molar-refractivity contribution < 1.29 is 4.79 Å². The fourth-order valence-corrected chi connectivity index (χ4v) is 5.59. The molecule has 0 radical (unpaired) electrons. The summed E-state index contributed by atoms with van der Waals surface area (Å²) in [5, 5.41) is 7.57.